The van der Waals surface area contributed by atoms with Crippen LogP contribution in [0.4, 0.5) is 17.3 Å². The summed E-state index contributed by atoms with van der Waals surface area (Å²) < 4.78 is 0. The van der Waals surface area contributed by atoms with Gasteiger partial charge in [0.15, 0.2) is 0 Å². The Kier molecular flexibility index (Phi) is 6.04. The van der Waals surface area contributed by atoms with Gasteiger partial charge in [-0.1, -0.05) is 13.8 Å². The van der Waals surface area contributed by atoms with Crippen LogP contribution < -0.4 is 15.1 Å². The van der Waals surface area contributed by atoms with Crippen LogP contribution in [0.1, 0.15) is 26.7 Å². The fraction of sp³-hybridized carbons (Fsp3) is 0.450. The largest absolute Gasteiger partial charge is 0.368 e. The van der Waals surface area contributed by atoms with Crippen molar-refractivity contribution in [1.82, 2.24) is 9.97 Å². The number of hydrogen-bond acceptors (Lipinski definition) is 5. The summed E-state index contributed by atoms with van der Waals surface area (Å²) in [6, 6.07) is 9.97. The molecule has 0 unspecified atom stereocenters. The molecule has 138 valence electrons. The van der Waals surface area contributed by atoms with Gasteiger partial charge in [0.2, 0.25) is 11.9 Å². The smallest absolute Gasteiger partial charge is 0.227 e. The summed E-state index contributed by atoms with van der Waals surface area (Å²) in [5, 5.41) is 3.02. The second kappa shape index (κ2) is 8.65. The standard InChI is InChI=1S/C20H27N5O/c1-3-16(4-2)19(26)23-17-6-8-18(9-7-17)24-12-14-25(15-13-24)20-21-10-5-11-22-20/h5-11,16H,3-4,12-15H2,1-2H3,(H,23,26). The third-order valence-corrected chi connectivity index (χ3v) is 4.97. The minimum absolute atomic E-state index is 0.0861. The molecule has 0 atom stereocenters. The number of anilines is 3. The molecule has 1 amide bonds. The number of nitrogens with one attached hydrogen (secondary N) is 1. The zero-order valence-electron chi connectivity index (χ0n) is 15.6. The van der Waals surface area contributed by atoms with E-state index >= 15 is 0 Å². The maximum atomic E-state index is 12.2. The Balaban J connectivity index is 1.55. The predicted octanol–water partition coefficient (Wildman–Crippen LogP) is 3.18. The molecule has 0 saturated carbocycles. The van der Waals surface area contributed by atoms with Gasteiger partial charge in [-0.3, -0.25) is 4.79 Å². The van der Waals surface area contributed by atoms with Gasteiger partial charge in [0, 0.05) is 55.9 Å². The summed E-state index contributed by atoms with van der Waals surface area (Å²) in [7, 11) is 0. The van der Waals surface area contributed by atoms with Crippen LogP contribution >= 0.6 is 0 Å². The first-order chi connectivity index (χ1) is 12.7. The molecule has 1 fully saturated rings. The Morgan fingerprint density at radius 1 is 1.00 bits per heavy atom. The molecule has 1 aromatic heterocycles. The fourth-order valence-electron chi connectivity index (χ4n) is 3.28. The first-order valence-electron chi connectivity index (χ1n) is 9.39. The van der Waals surface area contributed by atoms with Gasteiger partial charge in [-0.2, -0.15) is 0 Å². The van der Waals surface area contributed by atoms with Gasteiger partial charge in [-0.25, -0.2) is 9.97 Å². The van der Waals surface area contributed by atoms with Crippen LogP contribution in [0.2, 0.25) is 0 Å². The molecule has 6 heteroatoms. The lowest BCUT2D eigenvalue weighted by Crippen LogP contribution is -2.47. The summed E-state index contributed by atoms with van der Waals surface area (Å²) in [6.07, 6.45) is 5.30. The van der Waals surface area contributed by atoms with Crippen molar-refractivity contribution in [2.24, 2.45) is 5.92 Å². The molecule has 1 aliphatic rings. The zero-order chi connectivity index (χ0) is 18.4. The molecule has 1 aliphatic heterocycles. The molecule has 1 saturated heterocycles. The van der Waals surface area contributed by atoms with E-state index < -0.39 is 0 Å². The minimum atomic E-state index is 0.0861. The van der Waals surface area contributed by atoms with Crippen molar-refractivity contribution < 1.29 is 4.79 Å². The molecular weight excluding hydrogens is 326 g/mol. The first kappa shape index (κ1) is 18.2. The van der Waals surface area contributed by atoms with Crippen molar-refractivity contribution in [2.75, 3.05) is 41.3 Å². The molecule has 1 N–H and O–H groups in total. The van der Waals surface area contributed by atoms with Crippen LogP contribution in [0.25, 0.3) is 0 Å². The third-order valence-electron chi connectivity index (χ3n) is 4.97. The lowest BCUT2D eigenvalue weighted by molar-refractivity contribution is -0.120. The molecule has 0 spiro atoms. The topological polar surface area (TPSA) is 61.4 Å². The zero-order valence-corrected chi connectivity index (χ0v) is 15.6. The van der Waals surface area contributed by atoms with Crippen LogP contribution in [0.3, 0.4) is 0 Å². The van der Waals surface area contributed by atoms with Gasteiger partial charge < -0.3 is 15.1 Å². The number of hydrogen-bond donors (Lipinski definition) is 1. The number of carbonyl (C=O) groups is 1. The Bertz CT molecular complexity index is 692. The normalized spacial score (nSPS) is 14.6. The highest BCUT2D eigenvalue weighted by Crippen LogP contribution is 2.21. The molecule has 6 nitrogen and oxygen atoms in total. The second-order valence-electron chi connectivity index (χ2n) is 6.57. The monoisotopic (exact) mass is 353 g/mol. The summed E-state index contributed by atoms with van der Waals surface area (Å²) in [5.74, 6) is 0.994. The van der Waals surface area contributed by atoms with E-state index in [1.807, 2.05) is 18.2 Å². The van der Waals surface area contributed by atoms with Crippen molar-refractivity contribution in [3.8, 4) is 0 Å². The van der Waals surface area contributed by atoms with Gasteiger partial charge in [0.1, 0.15) is 0 Å². The molecule has 1 aromatic carbocycles. The van der Waals surface area contributed by atoms with Crippen LogP contribution in [0.15, 0.2) is 42.7 Å². The van der Waals surface area contributed by atoms with E-state index in [-0.39, 0.29) is 11.8 Å². The van der Waals surface area contributed by atoms with Crippen molar-refractivity contribution in [1.29, 1.82) is 0 Å². The fourth-order valence-corrected chi connectivity index (χ4v) is 3.28. The highest BCUT2D eigenvalue weighted by molar-refractivity contribution is 5.92. The number of carbonyl (C=O) groups excluding carboxylic acids is 1. The molecule has 0 bridgehead atoms. The number of rotatable bonds is 6. The van der Waals surface area contributed by atoms with Crippen molar-refractivity contribution in [3.05, 3.63) is 42.7 Å². The molecule has 2 heterocycles. The van der Waals surface area contributed by atoms with Gasteiger partial charge in [0.05, 0.1) is 0 Å². The van der Waals surface area contributed by atoms with Crippen LogP contribution in [-0.2, 0) is 4.79 Å². The summed E-state index contributed by atoms with van der Waals surface area (Å²) >= 11 is 0. The molecule has 26 heavy (non-hydrogen) atoms. The van der Waals surface area contributed by atoms with E-state index in [0.29, 0.717) is 0 Å². The van der Waals surface area contributed by atoms with E-state index in [1.54, 1.807) is 12.4 Å². The second-order valence-corrected chi connectivity index (χ2v) is 6.57. The van der Waals surface area contributed by atoms with Gasteiger partial charge >= 0.3 is 0 Å². The van der Waals surface area contributed by atoms with Crippen molar-refractivity contribution in [2.45, 2.75) is 26.7 Å². The van der Waals surface area contributed by atoms with E-state index in [9.17, 15) is 4.79 Å². The van der Waals surface area contributed by atoms with E-state index in [4.69, 9.17) is 0 Å². The van der Waals surface area contributed by atoms with Crippen molar-refractivity contribution >= 4 is 23.2 Å². The van der Waals surface area contributed by atoms with Gasteiger partial charge in [-0.15, -0.1) is 0 Å². The summed E-state index contributed by atoms with van der Waals surface area (Å²) in [5.41, 5.74) is 2.04. The van der Waals surface area contributed by atoms with Gasteiger partial charge in [0.25, 0.3) is 0 Å². The van der Waals surface area contributed by atoms with E-state index in [1.165, 1.54) is 5.69 Å². The Morgan fingerprint density at radius 3 is 2.15 bits per heavy atom. The SMILES string of the molecule is CCC(CC)C(=O)Nc1ccc(N2CCN(c3ncccn3)CC2)cc1. The van der Waals surface area contributed by atoms with Crippen LogP contribution in [0, 0.1) is 5.92 Å². The van der Waals surface area contributed by atoms with E-state index in [2.05, 4.69) is 51.1 Å². The molecule has 0 radical (unpaired) electrons. The number of nitrogens with zero attached hydrogens (tertiary/aromatic N) is 4. The molecule has 3 rings (SSSR count). The number of amides is 1. The van der Waals surface area contributed by atoms with Crippen molar-refractivity contribution in [3.63, 3.8) is 0 Å². The maximum Gasteiger partial charge on any atom is 0.227 e. The Labute approximate surface area is 155 Å². The molecule has 2 aromatic rings. The summed E-state index contributed by atoms with van der Waals surface area (Å²) in [4.78, 5) is 25.4. The quantitative estimate of drug-likeness (QED) is 0.864. The lowest BCUT2D eigenvalue weighted by Gasteiger charge is -2.36. The molecule has 0 aliphatic carbocycles. The highest BCUT2D eigenvalue weighted by Gasteiger charge is 2.19. The summed E-state index contributed by atoms with van der Waals surface area (Å²) in [6.45, 7) is 7.76. The minimum Gasteiger partial charge on any atom is -0.368 e. The number of benzene rings is 1. The Morgan fingerprint density at radius 2 is 1.58 bits per heavy atom. The van der Waals surface area contributed by atoms with Crippen LogP contribution in [0.5, 0.6) is 0 Å². The van der Waals surface area contributed by atoms with Gasteiger partial charge in [-0.05, 0) is 43.2 Å². The maximum absolute atomic E-state index is 12.2. The van der Waals surface area contributed by atoms with Crippen LogP contribution in [-0.4, -0.2) is 42.1 Å². The lowest BCUT2D eigenvalue weighted by atomic mass is 10.0. The predicted molar refractivity (Wildman–Crippen MR) is 106 cm³/mol. The Hall–Kier alpha value is -2.63. The highest BCUT2D eigenvalue weighted by atomic mass is 16.1. The molecular formula is C20H27N5O. The average Bonchev–Trinajstić information content (AvgIpc) is 2.70. The number of piperazine rings is 1. The average molecular weight is 353 g/mol. The number of aromatic nitrogens is 2. The van der Waals surface area contributed by atoms with E-state index in [0.717, 1.165) is 50.7 Å². The third kappa shape index (κ3) is 4.31. The first-order valence-corrected chi connectivity index (χ1v) is 9.39.